The number of benzene rings is 3. The van der Waals surface area contributed by atoms with Gasteiger partial charge in [-0.1, -0.05) is 97.1 Å². The second-order valence-electron chi connectivity index (χ2n) is 6.28. The number of carbonyl (C=O) groups is 1. The van der Waals surface area contributed by atoms with Gasteiger partial charge in [-0.15, -0.1) is 24.4 Å². The first-order valence-electron chi connectivity index (χ1n) is 8.85. The van der Waals surface area contributed by atoms with Crippen molar-refractivity contribution in [2.45, 2.75) is 11.7 Å². The lowest BCUT2D eigenvalue weighted by Gasteiger charge is -2.35. The van der Waals surface area contributed by atoms with E-state index in [0.29, 0.717) is 11.3 Å². The molecule has 0 aliphatic carbocycles. The molecule has 0 unspecified atom stereocenters. The highest BCUT2D eigenvalue weighted by molar-refractivity contribution is 8.00. The van der Waals surface area contributed by atoms with Gasteiger partial charge in [0.05, 0.1) is 4.75 Å². The molecule has 0 spiro atoms. The smallest absolute Gasteiger partial charge is 0.211 e. The Morgan fingerprint density at radius 2 is 1.19 bits per heavy atom. The molecule has 0 N–H and O–H groups in total. The van der Waals surface area contributed by atoms with Crippen molar-refractivity contribution >= 4 is 29.5 Å². The summed E-state index contributed by atoms with van der Waals surface area (Å²) in [6.45, 7) is 1.81. The Kier molecular flexibility index (Phi) is 6.59. The van der Waals surface area contributed by atoms with Gasteiger partial charge >= 0.3 is 0 Å². The Morgan fingerprint density at radius 3 is 1.52 bits per heavy atom. The molecular formula is C24H22OS2. The molecule has 0 saturated carbocycles. The van der Waals surface area contributed by atoms with Crippen LogP contribution in [0.4, 0.5) is 0 Å². The number of thioether (sulfide) groups is 1. The zero-order valence-electron chi connectivity index (χ0n) is 15.2. The molecule has 136 valence electrons. The van der Waals surface area contributed by atoms with Gasteiger partial charge in [-0.2, -0.15) is 0 Å². The van der Waals surface area contributed by atoms with E-state index in [4.69, 9.17) is 0 Å². The lowest BCUT2D eigenvalue weighted by atomic mass is 9.84. The molecule has 0 atom stereocenters. The molecule has 27 heavy (non-hydrogen) atoms. The van der Waals surface area contributed by atoms with Crippen molar-refractivity contribution in [3.63, 3.8) is 0 Å². The molecule has 3 heteroatoms. The van der Waals surface area contributed by atoms with E-state index in [1.54, 1.807) is 0 Å². The highest BCUT2D eigenvalue weighted by Crippen LogP contribution is 2.48. The predicted octanol–water partition coefficient (Wildman–Crippen LogP) is 6.11. The maximum atomic E-state index is 11.5. The molecular weight excluding hydrogens is 368 g/mol. The lowest BCUT2D eigenvalue weighted by Crippen LogP contribution is -2.26. The molecule has 3 aromatic rings. The third-order valence-corrected chi connectivity index (χ3v) is 6.39. The van der Waals surface area contributed by atoms with E-state index in [2.05, 4.69) is 85.4 Å². The van der Waals surface area contributed by atoms with Gasteiger partial charge in [0.25, 0.3) is 0 Å². The highest BCUT2D eigenvalue weighted by atomic mass is 32.2. The number of carbonyl (C=O) groups excluding carboxylic acids is 1. The van der Waals surface area contributed by atoms with Crippen molar-refractivity contribution in [2.75, 3.05) is 5.75 Å². The summed E-state index contributed by atoms with van der Waals surface area (Å²) in [6.07, 6.45) is 1.96. The maximum absolute atomic E-state index is 11.5. The van der Waals surface area contributed by atoms with E-state index < -0.39 is 0 Å². The molecule has 0 saturated heterocycles. The Labute approximate surface area is 170 Å². The van der Waals surface area contributed by atoms with Crippen molar-refractivity contribution in [3.05, 3.63) is 119 Å². The fourth-order valence-corrected chi connectivity index (χ4v) is 4.73. The van der Waals surface area contributed by atoms with Gasteiger partial charge in [0, 0.05) is 5.75 Å². The SMILES string of the molecule is CC(=CCSC(c1ccccc1)(c1ccccc1)c1ccccc1)C(=O)S. The number of rotatable bonds is 7. The van der Waals surface area contributed by atoms with Crippen molar-refractivity contribution < 1.29 is 4.79 Å². The van der Waals surface area contributed by atoms with Crippen LogP contribution in [0.25, 0.3) is 0 Å². The van der Waals surface area contributed by atoms with Crippen molar-refractivity contribution in [2.24, 2.45) is 0 Å². The molecule has 0 aromatic heterocycles. The first-order valence-corrected chi connectivity index (χ1v) is 10.3. The van der Waals surface area contributed by atoms with E-state index in [0.717, 1.165) is 0 Å². The van der Waals surface area contributed by atoms with Gasteiger partial charge in [0.15, 0.2) is 0 Å². The van der Waals surface area contributed by atoms with Gasteiger partial charge in [-0.25, -0.2) is 0 Å². The second kappa shape index (κ2) is 9.12. The van der Waals surface area contributed by atoms with Gasteiger partial charge in [0.1, 0.15) is 0 Å². The minimum atomic E-state index is -0.361. The molecule has 0 fully saturated rings. The molecule has 1 nitrogen and oxygen atoms in total. The molecule has 3 aromatic carbocycles. The molecule has 0 bridgehead atoms. The summed E-state index contributed by atoms with van der Waals surface area (Å²) < 4.78 is -0.361. The summed E-state index contributed by atoms with van der Waals surface area (Å²) in [4.78, 5) is 11.5. The Morgan fingerprint density at radius 1 is 0.815 bits per heavy atom. The van der Waals surface area contributed by atoms with Crippen LogP contribution >= 0.6 is 24.4 Å². The van der Waals surface area contributed by atoms with Crippen LogP contribution in [0, 0.1) is 0 Å². The monoisotopic (exact) mass is 390 g/mol. The van der Waals surface area contributed by atoms with Crippen LogP contribution < -0.4 is 0 Å². The second-order valence-corrected chi connectivity index (χ2v) is 7.92. The summed E-state index contributed by atoms with van der Waals surface area (Å²) in [5.41, 5.74) is 4.33. The third kappa shape index (κ3) is 4.37. The van der Waals surface area contributed by atoms with Crippen LogP contribution in [-0.4, -0.2) is 10.9 Å². The van der Waals surface area contributed by atoms with E-state index in [1.807, 2.05) is 43.0 Å². The number of thiol groups is 1. The summed E-state index contributed by atoms with van der Waals surface area (Å²) in [7, 11) is 0. The minimum absolute atomic E-state index is 0.180. The van der Waals surface area contributed by atoms with Gasteiger partial charge in [-0.05, 0) is 29.2 Å². The van der Waals surface area contributed by atoms with Crippen LogP contribution in [0.3, 0.4) is 0 Å². The van der Waals surface area contributed by atoms with Crippen LogP contribution in [0.1, 0.15) is 23.6 Å². The predicted molar refractivity (Wildman–Crippen MR) is 119 cm³/mol. The average Bonchev–Trinajstić information content (AvgIpc) is 2.73. The molecule has 0 aliphatic rings. The van der Waals surface area contributed by atoms with Gasteiger partial charge in [-0.3, -0.25) is 4.79 Å². The highest BCUT2D eigenvalue weighted by Gasteiger charge is 2.36. The zero-order chi connectivity index (χ0) is 19.1. The minimum Gasteiger partial charge on any atom is -0.282 e. The van der Waals surface area contributed by atoms with Gasteiger partial charge < -0.3 is 0 Å². The Hall–Kier alpha value is -2.23. The van der Waals surface area contributed by atoms with Crippen molar-refractivity contribution in [3.8, 4) is 0 Å². The standard InChI is InChI=1S/C24H22OS2/c1-19(23(25)26)17-18-27-24(20-11-5-2-6-12-20,21-13-7-3-8-14-21)22-15-9-4-10-16-22/h2-17H,18H2,1H3,(H,25,26). The van der Waals surface area contributed by atoms with Crippen LogP contribution in [0.5, 0.6) is 0 Å². The third-order valence-electron chi connectivity index (χ3n) is 4.57. The Balaban J connectivity index is 2.17. The number of hydrogen-bond acceptors (Lipinski definition) is 2. The molecule has 0 amide bonds. The van der Waals surface area contributed by atoms with E-state index in [1.165, 1.54) is 16.7 Å². The van der Waals surface area contributed by atoms with Crippen LogP contribution in [0.15, 0.2) is 103 Å². The average molecular weight is 391 g/mol. The van der Waals surface area contributed by atoms with Crippen LogP contribution in [0.2, 0.25) is 0 Å². The molecule has 0 aliphatic heterocycles. The van der Waals surface area contributed by atoms with E-state index in [9.17, 15) is 4.79 Å². The lowest BCUT2D eigenvalue weighted by molar-refractivity contribution is -0.107. The first-order chi connectivity index (χ1) is 13.1. The normalized spacial score (nSPS) is 12.0. The fraction of sp³-hybridized carbons (Fsp3) is 0.125. The number of hydrogen-bond donors (Lipinski definition) is 1. The topological polar surface area (TPSA) is 17.1 Å². The first kappa shape index (κ1) is 19.5. The quantitative estimate of drug-likeness (QED) is 0.298. The summed E-state index contributed by atoms with van der Waals surface area (Å²) in [5, 5.41) is -0.180. The maximum Gasteiger partial charge on any atom is 0.211 e. The summed E-state index contributed by atoms with van der Waals surface area (Å²) >= 11 is 5.74. The Bertz CT molecular complexity index is 806. The molecule has 3 rings (SSSR count). The van der Waals surface area contributed by atoms with E-state index >= 15 is 0 Å². The molecule has 0 radical (unpaired) electrons. The van der Waals surface area contributed by atoms with Crippen molar-refractivity contribution in [1.29, 1.82) is 0 Å². The molecule has 0 heterocycles. The van der Waals surface area contributed by atoms with Crippen LogP contribution in [-0.2, 0) is 9.54 Å². The van der Waals surface area contributed by atoms with Gasteiger partial charge in [0.2, 0.25) is 5.12 Å². The summed E-state index contributed by atoms with van der Waals surface area (Å²) in [5.74, 6) is 0.705. The zero-order valence-corrected chi connectivity index (χ0v) is 16.9. The largest absolute Gasteiger partial charge is 0.282 e. The van der Waals surface area contributed by atoms with Crippen molar-refractivity contribution in [1.82, 2.24) is 0 Å². The summed E-state index contributed by atoms with van der Waals surface area (Å²) in [6, 6.07) is 31.6. The fourth-order valence-electron chi connectivity index (χ4n) is 3.15. The van der Waals surface area contributed by atoms with E-state index in [-0.39, 0.29) is 9.86 Å².